The molecule has 1 heterocycles. The number of hydrogen-bond acceptors (Lipinski definition) is 4. The van der Waals surface area contributed by atoms with Crippen LogP contribution in [0.5, 0.6) is 5.75 Å². The highest BCUT2D eigenvalue weighted by molar-refractivity contribution is 7.90. The third kappa shape index (κ3) is 3.60. The lowest BCUT2D eigenvalue weighted by atomic mass is 10.3. The molecule has 0 aliphatic heterocycles. The predicted molar refractivity (Wildman–Crippen MR) is 76.7 cm³/mol. The number of aromatic nitrogens is 2. The Labute approximate surface area is 119 Å². The number of hydrogen-bond donors (Lipinski definition) is 0. The van der Waals surface area contributed by atoms with E-state index >= 15 is 0 Å². The van der Waals surface area contributed by atoms with Crippen molar-refractivity contribution < 1.29 is 13.2 Å². The molecule has 0 unspecified atom stereocenters. The summed E-state index contributed by atoms with van der Waals surface area (Å²) >= 11 is 0. The second kappa shape index (κ2) is 5.66. The average molecular weight is 294 g/mol. The van der Waals surface area contributed by atoms with Crippen LogP contribution in [0.25, 0.3) is 0 Å². The highest BCUT2D eigenvalue weighted by atomic mass is 32.2. The van der Waals surface area contributed by atoms with Crippen LogP contribution in [0.4, 0.5) is 0 Å². The molecule has 20 heavy (non-hydrogen) atoms. The van der Waals surface area contributed by atoms with Crippen molar-refractivity contribution in [2.45, 2.75) is 25.3 Å². The van der Waals surface area contributed by atoms with E-state index in [0.717, 1.165) is 11.4 Å². The molecular formula is C14H18N2O3S. The van der Waals surface area contributed by atoms with Gasteiger partial charge in [0.1, 0.15) is 12.4 Å². The van der Waals surface area contributed by atoms with Crippen LogP contribution in [0, 0.1) is 13.8 Å². The van der Waals surface area contributed by atoms with Gasteiger partial charge < -0.3 is 4.74 Å². The molecule has 108 valence electrons. The highest BCUT2D eigenvalue weighted by Crippen LogP contribution is 2.15. The maximum absolute atomic E-state index is 11.3. The molecule has 1 aromatic heterocycles. The summed E-state index contributed by atoms with van der Waals surface area (Å²) < 4.78 is 30.1. The van der Waals surface area contributed by atoms with Crippen molar-refractivity contribution >= 4 is 9.84 Å². The van der Waals surface area contributed by atoms with Gasteiger partial charge in [-0.05, 0) is 44.2 Å². The molecule has 1 aromatic carbocycles. The molecule has 0 aliphatic carbocycles. The van der Waals surface area contributed by atoms with Gasteiger partial charge in [-0.25, -0.2) is 8.42 Å². The maximum atomic E-state index is 11.3. The number of nitrogens with zero attached hydrogens (tertiary/aromatic N) is 2. The summed E-state index contributed by atoms with van der Waals surface area (Å²) in [4.78, 5) is 0.295. The van der Waals surface area contributed by atoms with Gasteiger partial charge in [-0.1, -0.05) is 0 Å². The maximum Gasteiger partial charge on any atom is 0.175 e. The first-order chi connectivity index (χ1) is 9.36. The van der Waals surface area contributed by atoms with E-state index in [9.17, 15) is 8.42 Å². The first-order valence-electron chi connectivity index (χ1n) is 6.30. The fraction of sp³-hybridized carbons (Fsp3) is 0.357. The Morgan fingerprint density at radius 1 is 1.20 bits per heavy atom. The third-order valence-corrected chi connectivity index (χ3v) is 4.06. The topological polar surface area (TPSA) is 61.2 Å². The number of ether oxygens (including phenoxy) is 1. The predicted octanol–water partition coefficient (Wildman–Crippen LogP) is 1.98. The Kier molecular flexibility index (Phi) is 4.13. The molecule has 5 nitrogen and oxygen atoms in total. The summed E-state index contributed by atoms with van der Waals surface area (Å²) in [5.41, 5.74) is 2.08. The zero-order valence-corrected chi connectivity index (χ0v) is 12.6. The molecule has 0 atom stereocenters. The normalized spacial score (nSPS) is 11.6. The van der Waals surface area contributed by atoms with Gasteiger partial charge in [0.25, 0.3) is 0 Å². The van der Waals surface area contributed by atoms with Crippen molar-refractivity contribution in [3.8, 4) is 5.75 Å². The lowest BCUT2D eigenvalue weighted by molar-refractivity contribution is 0.289. The van der Waals surface area contributed by atoms with Crippen LogP contribution >= 0.6 is 0 Å². The molecule has 0 amide bonds. The van der Waals surface area contributed by atoms with Gasteiger partial charge >= 0.3 is 0 Å². The molecule has 0 radical (unpaired) electrons. The van der Waals surface area contributed by atoms with Gasteiger partial charge in [0.05, 0.1) is 17.1 Å². The Balaban J connectivity index is 1.93. The van der Waals surface area contributed by atoms with Crippen molar-refractivity contribution in [3.63, 3.8) is 0 Å². The first-order valence-corrected chi connectivity index (χ1v) is 8.19. The summed E-state index contributed by atoms with van der Waals surface area (Å²) in [7, 11) is -3.16. The summed E-state index contributed by atoms with van der Waals surface area (Å²) in [5.74, 6) is 0.652. The Morgan fingerprint density at radius 3 is 2.35 bits per heavy atom. The zero-order valence-electron chi connectivity index (χ0n) is 11.8. The molecule has 2 rings (SSSR count). The van der Waals surface area contributed by atoms with Gasteiger partial charge in [-0.2, -0.15) is 5.10 Å². The van der Waals surface area contributed by atoms with Crippen LogP contribution in [0.3, 0.4) is 0 Å². The summed E-state index contributed by atoms with van der Waals surface area (Å²) in [6, 6.07) is 8.44. The number of sulfone groups is 1. The standard InChI is InChI=1S/C14H18N2O3S/c1-11-10-12(2)16(15-11)8-9-19-13-4-6-14(7-5-13)20(3,17)18/h4-7,10H,8-9H2,1-3H3. The minimum atomic E-state index is -3.16. The molecule has 0 N–H and O–H groups in total. The smallest absolute Gasteiger partial charge is 0.175 e. The van der Waals surface area contributed by atoms with E-state index in [1.165, 1.54) is 6.26 Å². The van der Waals surface area contributed by atoms with E-state index in [1.807, 2.05) is 24.6 Å². The summed E-state index contributed by atoms with van der Waals surface area (Å²) in [6.45, 7) is 5.10. The number of aryl methyl sites for hydroxylation is 2. The van der Waals surface area contributed by atoms with Gasteiger partial charge in [0.2, 0.25) is 0 Å². The fourth-order valence-corrected chi connectivity index (χ4v) is 2.56. The van der Waals surface area contributed by atoms with Crippen LogP contribution in [0.1, 0.15) is 11.4 Å². The fourth-order valence-electron chi connectivity index (χ4n) is 1.93. The van der Waals surface area contributed by atoms with Crippen LogP contribution in [-0.4, -0.2) is 31.1 Å². The quantitative estimate of drug-likeness (QED) is 0.846. The van der Waals surface area contributed by atoms with E-state index in [4.69, 9.17) is 4.74 Å². The minimum absolute atomic E-state index is 0.295. The third-order valence-electron chi connectivity index (χ3n) is 2.93. The van der Waals surface area contributed by atoms with Gasteiger partial charge in [-0.15, -0.1) is 0 Å². The average Bonchev–Trinajstić information content (AvgIpc) is 2.67. The van der Waals surface area contributed by atoms with Gasteiger partial charge in [-0.3, -0.25) is 4.68 Å². The second-order valence-corrected chi connectivity index (χ2v) is 6.76. The molecule has 0 fully saturated rings. The Hall–Kier alpha value is -1.82. The molecule has 0 bridgehead atoms. The van der Waals surface area contributed by atoms with Crippen LogP contribution in [-0.2, 0) is 16.4 Å². The second-order valence-electron chi connectivity index (χ2n) is 4.74. The molecule has 6 heteroatoms. The highest BCUT2D eigenvalue weighted by Gasteiger charge is 2.06. The summed E-state index contributed by atoms with van der Waals surface area (Å²) in [5, 5.41) is 4.35. The molecular weight excluding hydrogens is 276 g/mol. The van der Waals surface area contributed by atoms with Crippen LogP contribution in [0.2, 0.25) is 0 Å². The first kappa shape index (κ1) is 14.6. The van der Waals surface area contributed by atoms with Crippen LogP contribution < -0.4 is 4.74 Å². The van der Waals surface area contributed by atoms with Crippen LogP contribution in [0.15, 0.2) is 35.2 Å². The van der Waals surface area contributed by atoms with Gasteiger partial charge in [0.15, 0.2) is 9.84 Å². The van der Waals surface area contributed by atoms with E-state index in [1.54, 1.807) is 24.3 Å². The van der Waals surface area contributed by atoms with E-state index in [0.29, 0.717) is 23.8 Å². The monoisotopic (exact) mass is 294 g/mol. The molecule has 2 aromatic rings. The van der Waals surface area contributed by atoms with E-state index < -0.39 is 9.84 Å². The number of rotatable bonds is 5. The minimum Gasteiger partial charge on any atom is -0.492 e. The SMILES string of the molecule is Cc1cc(C)n(CCOc2ccc(S(C)(=O)=O)cc2)n1. The Bertz CT molecular complexity index is 688. The van der Waals surface area contributed by atoms with E-state index in [-0.39, 0.29) is 0 Å². The lowest BCUT2D eigenvalue weighted by Gasteiger charge is -2.08. The van der Waals surface area contributed by atoms with Gasteiger partial charge in [0, 0.05) is 11.9 Å². The van der Waals surface area contributed by atoms with Crippen molar-refractivity contribution in [2.24, 2.45) is 0 Å². The van der Waals surface area contributed by atoms with Crippen molar-refractivity contribution in [1.82, 2.24) is 9.78 Å². The molecule has 0 saturated heterocycles. The lowest BCUT2D eigenvalue weighted by Crippen LogP contribution is -2.10. The van der Waals surface area contributed by atoms with Crippen molar-refractivity contribution in [1.29, 1.82) is 0 Å². The molecule has 0 spiro atoms. The molecule has 0 saturated carbocycles. The summed E-state index contributed by atoms with van der Waals surface area (Å²) in [6.07, 6.45) is 1.19. The van der Waals surface area contributed by atoms with Crippen molar-refractivity contribution in [3.05, 3.63) is 41.7 Å². The molecule has 0 aliphatic rings. The zero-order chi connectivity index (χ0) is 14.8. The largest absolute Gasteiger partial charge is 0.492 e. The van der Waals surface area contributed by atoms with Crippen molar-refractivity contribution in [2.75, 3.05) is 12.9 Å². The van der Waals surface area contributed by atoms with E-state index in [2.05, 4.69) is 5.10 Å². The Morgan fingerprint density at radius 2 is 1.85 bits per heavy atom. The number of benzene rings is 1.